The van der Waals surface area contributed by atoms with E-state index in [-0.39, 0.29) is 12.4 Å². The van der Waals surface area contributed by atoms with Crippen molar-refractivity contribution in [1.29, 1.82) is 0 Å². The van der Waals surface area contributed by atoms with E-state index in [9.17, 15) is 22.4 Å². The predicted octanol–water partition coefficient (Wildman–Crippen LogP) is 1.24. The lowest BCUT2D eigenvalue weighted by Crippen LogP contribution is -2.17. The van der Waals surface area contributed by atoms with Gasteiger partial charge in [-0.1, -0.05) is 0 Å². The van der Waals surface area contributed by atoms with Gasteiger partial charge >= 0.3 is 5.97 Å². The van der Waals surface area contributed by atoms with Gasteiger partial charge in [0.25, 0.3) is 0 Å². The Labute approximate surface area is 147 Å². The van der Waals surface area contributed by atoms with Gasteiger partial charge in [-0.2, -0.15) is 0 Å². The van der Waals surface area contributed by atoms with E-state index < -0.39 is 44.7 Å². The second-order valence-corrected chi connectivity index (χ2v) is 6.82. The minimum absolute atomic E-state index is 0.0433. The van der Waals surface area contributed by atoms with Gasteiger partial charge in [0.1, 0.15) is 5.82 Å². The molecule has 0 radical (unpaired) electrons. The van der Waals surface area contributed by atoms with Crippen molar-refractivity contribution in [2.75, 3.05) is 13.4 Å². The average Bonchev–Trinajstić information content (AvgIpc) is 3.06. The lowest BCUT2D eigenvalue weighted by atomic mass is 10.1. The van der Waals surface area contributed by atoms with Crippen molar-refractivity contribution >= 4 is 21.8 Å². The maximum Gasteiger partial charge on any atom is 0.341 e. The molecule has 10 heteroatoms. The molecule has 26 heavy (non-hydrogen) atoms. The van der Waals surface area contributed by atoms with Crippen molar-refractivity contribution in [1.82, 2.24) is 0 Å². The van der Waals surface area contributed by atoms with Gasteiger partial charge in [-0.05, 0) is 36.4 Å². The first kappa shape index (κ1) is 17.8. The van der Waals surface area contributed by atoms with E-state index in [0.29, 0.717) is 11.5 Å². The summed E-state index contributed by atoms with van der Waals surface area (Å²) in [6, 6.07) is 6.87. The summed E-state index contributed by atoms with van der Waals surface area (Å²) in [6.45, 7) is -0.626. The molecule has 0 amide bonds. The molecule has 1 aliphatic heterocycles. The van der Waals surface area contributed by atoms with Crippen molar-refractivity contribution in [3.05, 3.63) is 53.3 Å². The molecule has 3 rings (SSSR count). The van der Waals surface area contributed by atoms with Gasteiger partial charge < -0.3 is 14.2 Å². The molecule has 0 unspecified atom stereocenters. The number of carbonyl (C=O) groups is 2. The Bertz CT molecular complexity index is 1000. The third-order valence-corrected chi connectivity index (χ3v) is 4.43. The van der Waals surface area contributed by atoms with Crippen molar-refractivity contribution in [3.8, 4) is 11.5 Å². The van der Waals surface area contributed by atoms with Crippen LogP contribution in [0.1, 0.15) is 20.7 Å². The number of hydrogen-bond acceptors (Lipinski definition) is 7. The second kappa shape index (κ2) is 6.73. The highest BCUT2D eigenvalue weighted by Gasteiger charge is 2.20. The number of carbonyl (C=O) groups excluding carboxylic acids is 2. The Hall–Kier alpha value is -2.98. The molecule has 0 saturated heterocycles. The number of benzene rings is 2. The molecule has 0 bridgehead atoms. The zero-order valence-corrected chi connectivity index (χ0v) is 13.9. The van der Waals surface area contributed by atoms with Crippen LogP contribution in [-0.4, -0.2) is 33.6 Å². The molecule has 0 spiro atoms. The molecule has 0 saturated carbocycles. The Morgan fingerprint density at radius 2 is 1.85 bits per heavy atom. The van der Waals surface area contributed by atoms with Gasteiger partial charge in [0.2, 0.25) is 16.8 Å². The molecule has 0 fully saturated rings. The third-order valence-electron chi connectivity index (χ3n) is 3.52. The van der Waals surface area contributed by atoms with Crippen molar-refractivity contribution in [2.45, 2.75) is 4.90 Å². The van der Waals surface area contributed by atoms with Crippen molar-refractivity contribution < 1.29 is 36.6 Å². The summed E-state index contributed by atoms with van der Waals surface area (Å²) in [6.07, 6.45) is 0. The topological polar surface area (TPSA) is 122 Å². The van der Waals surface area contributed by atoms with Crippen LogP contribution in [0, 0.1) is 5.82 Å². The number of halogens is 1. The van der Waals surface area contributed by atoms with Crippen LogP contribution < -0.4 is 14.6 Å². The maximum atomic E-state index is 13.8. The van der Waals surface area contributed by atoms with Gasteiger partial charge in [-0.25, -0.2) is 22.7 Å². The minimum atomic E-state index is -4.12. The van der Waals surface area contributed by atoms with Crippen LogP contribution in [0.5, 0.6) is 11.5 Å². The fourth-order valence-electron chi connectivity index (χ4n) is 2.20. The first-order chi connectivity index (χ1) is 12.3. The smallest absolute Gasteiger partial charge is 0.341 e. The molecule has 2 aromatic rings. The largest absolute Gasteiger partial charge is 0.454 e. The highest BCUT2D eigenvalue weighted by Crippen LogP contribution is 2.32. The van der Waals surface area contributed by atoms with E-state index in [1.165, 1.54) is 18.2 Å². The number of rotatable bonds is 5. The van der Waals surface area contributed by atoms with Crippen LogP contribution in [0.15, 0.2) is 41.3 Å². The molecule has 2 N–H and O–H groups in total. The lowest BCUT2D eigenvalue weighted by molar-refractivity contribution is 0.0470. The molecule has 0 aliphatic carbocycles. The quantitative estimate of drug-likeness (QED) is 0.611. The maximum absolute atomic E-state index is 13.8. The first-order valence-corrected chi connectivity index (χ1v) is 8.72. The number of ketones is 1. The third kappa shape index (κ3) is 3.65. The van der Waals surface area contributed by atoms with Crippen LogP contribution >= 0.6 is 0 Å². The number of ether oxygens (including phenoxy) is 3. The van der Waals surface area contributed by atoms with Gasteiger partial charge in [0.15, 0.2) is 23.9 Å². The fourth-order valence-corrected chi connectivity index (χ4v) is 2.74. The van der Waals surface area contributed by atoms with Crippen LogP contribution in [0.2, 0.25) is 0 Å². The Morgan fingerprint density at radius 3 is 2.58 bits per heavy atom. The predicted molar refractivity (Wildman–Crippen MR) is 85.0 cm³/mol. The minimum Gasteiger partial charge on any atom is -0.454 e. The van der Waals surface area contributed by atoms with Crippen LogP contribution in [0.25, 0.3) is 0 Å². The zero-order chi connectivity index (χ0) is 18.9. The monoisotopic (exact) mass is 381 g/mol. The molecule has 2 aromatic carbocycles. The molecule has 8 nitrogen and oxygen atoms in total. The summed E-state index contributed by atoms with van der Waals surface area (Å²) >= 11 is 0. The van der Waals surface area contributed by atoms with E-state index in [1.807, 2.05) is 0 Å². The van der Waals surface area contributed by atoms with E-state index in [1.54, 1.807) is 0 Å². The van der Waals surface area contributed by atoms with Crippen molar-refractivity contribution in [3.63, 3.8) is 0 Å². The Kier molecular flexibility index (Phi) is 4.62. The number of nitrogens with two attached hydrogens (primary N) is 1. The number of fused-ring (bicyclic) bond motifs is 1. The van der Waals surface area contributed by atoms with E-state index in [4.69, 9.17) is 19.3 Å². The number of hydrogen-bond donors (Lipinski definition) is 1. The lowest BCUT2D eigenvalue weighted by Gasteiger charge is -2.07. The van der Waals surface area contributed by atoms with Gasteiger partial charge in [-0.15, -0.1) is 0 Å². The number of Topliss-reactive ketones (excluding diaryl/α,β-unsaturated/α-hetero) is 1. The Balaban J connectivity index is 1.72. The summed E-state index contributed by atoms with van der Waals surface area (Å²) in [7, 11) is -4.12. The van der Waals surface area contributed by atoms with E-state index in [2.05, 4.69) is 0 Å². The summed E-state index contributed by atoms with van der Waals surface area (Å²) in [5, 5.41) is 4.94. The van der Waals surface area contributed by atoms with Gasteiger partial charge in [-0.3, -0.25) is 4.79 Å². The highest BCUT2D eigenvalue weighted by atomic mass is 32.2. The standard InChI is InChI=1S/C16H12FNO7S/c17-12-3-2-10(26(18,21)22)6-11(12)16(20)23-7-13(19)9-1-4-14-15(5-9)25-8-24-14/h1-6H,7-8H2,(H2,18,21,22). The summed E-state index contributed by atoms with van der Waals surface area (Å²) in [5.41, 5.74) is -0.434. The second-order valence-electron chi connectivity index (χ2n) is 5.25. The first-order valence-electron chi connectivity index (χ1n) is 7.18. The molecule has 0 aromatic heterocycles. The number of primary sulfonamides is 1. The number of sulfonamides is 1. The van der Waals surface area contributed by atoms with Gasteiger partial charge in [0, 0.05) is 5.56 Å². The fraction of sp³-hybridized carbons (Fsp3) is 0.125. The zero-order valence-electron chi connectivity index (χ0n) is 13.1. The Morgan fingerprint density at radius 1 is 1.12 bits per heavy atom. The molecular formula is C16H12FNO7S. The van der Waals surface area contributed by atoms with E-state index >= 15 is 0 Å². The van der Waals surface area contributed by atoms with E-state index in [0.717, 1.165) is 18.2 Å². The molecule has 1 aliphatic rings. The SMILES string of the molecule is NS(=O)(=O)c1ccc(F)c(C(=O)OCC(=O)c2ccc3c(c2)OCO3)c1. The molecule has 136 valence electrons. The molecule has 1 heterocycles. The van der Waals surface area contributed by atoms with Crippen LogP contribution in [-0.2, 0) is 14.8 Å². The number of esters is 1. The molecule has 0 atom stereocenters. The van der Waals surface area contributed by atoms with Crippen LogP contribution in [0.4, 0.5) is 4.39 Å². The van der Waals surface area contributed by atoms with Crippen molar-refractivity contribution in [2.24, 2.45) is 5.14 Å². The summed E-state index contributed by atoms with van der Waals surface area (Å²) in [4.78, 5) is 23.6. The van der Waals surface area contributed by atoms with Crippen LogP contribution in [0.3, 0.4) is 0 Å². The summed E-state index contributed by atoms with van der Waals surface area (Å²) < 4.78 is 51.4. The average molecular weight is 381 g/mol. The van der Waals surface area contributed by atoms with Gasteiger partial charge in [0.05, 0.1) is 10.5 Å². The summed E-state index contributed by atoms with van der Waals surface area (Å²) in [5.74, 6) is -1.88. The highest BCUT2D eigenvalue weighted by molar-refractivity contribution is 7.89. The molecular weight excluding hydrogens is 369 g/mol. The normalized spacial score (nSPS) is 12.7.